The van der Waals surface area contributed by atoms with Crippen LogP contribution in [-0.4, -0.2) is 40.8 Å². The lowest BCUT2D eigenvalue weighted by molar-refractivity contribution is 0.102. The van der Waals surface area contributed by atoms with Crippen molar-refractivity contribution < 1.29 is 5.11 Å². The molecule has 1 saturated carbocycles. The number of nitrogens with two attached hydrogens (primary N) is 1. The van der Waals surface area contributed by atoms with Gasteiger partial charge in [0.15, 0.2) is 0 Å². The average molecular weight is 256 g/mol. The summed E-state index contributed by atoms with van der Waals surface area (Å²) in [5, 5.41) is 9.42. The fourth-order valence-electron chi connectivity index (χ4n) is 3.33. The van der Waals surface area contributed by atoms with E-state index in [4.69, 9.17) is 5.73 Å². The molecule has 3 nitrogen and oxygen atoms in total. The summed E-state index contributed by atoms with van der Waals surface area (Å²) in [6.45, 7) is 10.4. The first kappa shape index (κ1) is 15.9. The van der Waals surface area contributed by atoms with Gasteiger partial charge in [-0.05, 0) is 38.0 Å². The van der Waals surface area contributed by atoms with Gasteiger partial charge < -0.3 is 10.8 Å². The maximum absolute atomic E-state index is 9.42. The molecule has 108 valence electrons. The van der Waals surface area contributed by atoms with Crippen LogP contribution in [0.4, 0.5) is 0 Å². The standard InChI is InChI=1S/C15H32N2O/c1-5-13(6-2)17(10-12(3)4)14-7-8-15(16,9-14)11-18/h12-14,18H,5-11,16H2,1-4H3. The predicted octanol–water partition coefficient (Wildman–Crippen LogP) is 2.38. The van der Waals surface area contributed by atoms with Gasteiger partial charge in [-0.3, -0.25) is 4.90 Å². The molecule has 0 aromatic rings. The van der Waals surface area contributed by atoms with Gasteiger partial charge in [0.1, 0.15) is 0 Å². The second kappa shape index (κ2) is 6.88. The number of hydrogen-bond donors (Lipinski definition) is 2. The van der Waals surface area contributed by atoms with Crippen LogP contribution in [0.2, 0.25) is 0 Å². The Morgan fingerprint density at radius 1 is 1.33 bits per heavy atom. The highest BCUT2D eigenvalue weighted by Gasteiger charge is 2.39. The van der Waals surface area contributed by atoms with Crippen molar-refractivity contribution in [2.24, 2.45) is 11.7 Å². The molecule has 1 aliphatic carbocycles. The first-order valence-electron chi connectivity index (χ1n) is 7.61. The van der Waals surface area contributed by atoms with E-state index in [2.05, 4.69) is 32.6 Å². The Labute approximate surface area is 113 Å². The lowest BCUT2D eigenvalue weighted by Gasteiger charge is -2.37. The molecule has 1 aliphatic rings. The monoisotopic (exact) mass is 256 g/mol. The molecular weight excluding hydrogens is 224 g/mol. The molecule has 2 unspecified atom stereocenters. The van der Waals surface area contributed by atoms with Gasteiger partial charge in [-0.2, -0.15) is 0 Å². The quantitative estimate of drug-likeness (QED) is 0.735. The maximum atomic E-state index is 9.42. The van der Waals surface area contributed by atoms with E-state index < -0.39 is 0 Å². The van der Waals surface area contributed by atoms with Crippen molar-refractivity contribution in [1.82, 2.24) is 4.90 Å². The Morgan fingerprint density at radius 3 is 2.33 bits per heavy atom. The predicted molar refractivity (Wildman–Crippen MR) is 77.6 cm³/mol. The zero-order valence-electron chi connectivity index (χ0n) is 12.7. The van der Waals surface area contributed by atoms with Crippen molar-refractivity contribution in [2.75, 3.05) is 13.2 Å². The molecule has 3 heteroatoms. The van der Waals surface area contributed by atoms with Gasteiger partial charge in [0.25, 0.3) is 0 Å². The lowest BCUT2D eigenvalue weighted by Crippen LogP contribution is -2.47. The zero-order valence-corrected chi connectivity index (χ0v) is 12.7. The molecule has 2 atom stereocenters. The molecule has 0 amide bonds. The fraction of sp³-hybridized carbons (Fsp3) is 1.00. The van der Waals surface area contributed by atoms with E-state index >= 15 is 0 Å². The highest BCUT2D eigenvalue weighted by molar-refractivity contribution is 4.98. The summed E-state index contributed by atoms with van der Waals surface area (Å²) in [5.74, 6) is 0.688. The first-order chi connectivity index (χ1) is 8.45. The largest absolute Gasteiger partial charge is 0.394 e. The number of hydrogen-bond acceptors (Lipinski definition) is 3. The topological polar surface area (TPSA) is 49.5 Å². The summed E-state index contributed by atoms with van der Waals surface area (Å²) < 4.78 is 0. The molecular formula is C15H32N2O. The van der Waals surface area contributed by atoms with Crippen molar-refractivity contribution in [3.05, 3.63) is 0 Å². The molecule has 0 bridgehead atoms. The Kier molecular flexibility index (Phi) is 6.09. The minimum absolute atomic E-state index is 0.127. The summed E-state index contributed by atoms with van der Waals surface area (Å²) in [6, 6.07) is 1.23. The van der Waals surface area contributed by atoms with E-state index in [1.165, 1.54) is 12.8 Å². The number of rotatable bonds is 7. The molecule has 0 aromatic heterocycles. The van der Waals surface area contributed by atoms with Gasteiger partial charge in [0, 0.05) is 24.2 Å². The minimum atomic E-state index is -0.327. The van der Waals surface area contributed by atoms with E-state index in [0.29, 0.717) is 18.0 Å². The van der Waals surface area contributed by atoms with Gasteiger partial charge in [-0.1, -0.05) is 27.7 Å². The SMILES string of the molecule is CCC(CC)N(CC(C)C)C1CCC(N)(CO)C1. The summed E-state index contributed by atoms with van der Waals surface area (Å²) in [5.41, 5.74) is 5.90. The second-order valence-corrected chi connectivity index (χ2v) is 6.48. The number of aliphatic hydroxyl groups excluding tert-OH is 1. The van der Waals surface area contributed by atoms with Crippen LogP contribution in [-0.2, 0) is 0 Å². The maximum Gasteiger partial charge on any atom is 0.0611 e. The molecule has 0 heterocycles. The lowest BCUT2D eigenvalue weighted by atomic mass is 9.98. The van der Waals surface area contributed by atoms with Gasteiger partial charge in [0.2, 0.25) is 0 Å². The van der Waals surface area contributed by atoms with Crippen molar-refractivity contribution in [3.63, 3.8) is 0 Å². The Morgan fingerprint density at radius 2 is 1.94 bits per heavy atom. The summed E-state index contributed by atoms with van der Waals surface area (Å²) in [4.78, 5) is 2.66. The third kappa shape index (κ3) is 3.94. The molecule has 1 fully saturated rings. The Bertz CT molecular complexity index is 241. The normalized spacial score (nSPS) is 28.8. The van der Waals surface area contributed by atoms with E-state index in [1.807, 2.05) is 0 Å². The van der Waals surface area contributed by atoms with Crippen molar-refractivity contribution in [2.45, 2.75) is 77.4 Å². The van der Waals surface area contributed by atoms with Gasteiger partial charge in [-0.25, -0.2) is 0 Å². The zero-order chi connectivity index (χ0) is 13.8. The van der Waals surface area contributed by atoms with Crippen LogP contribution in [0.3, 0.4) is 0 Å². The van der Waals surface area contributed by atoms with E-state index in [9.17, 15) is 5.11 Å². The number of nitrogens with zero attached hydrogens (tertiary/aromatic N) is 1. The van der Waals surface area contributed by atoms with Gasteiger partial charge in [0.05, 0.1) is 6.61 Å². The van der Waals surface area contributed by atoms with Crippen LogP contribution < -0.4 is 5.73 Å². The van der Waals surface area contributed by atoms with E-state index in [0.717, 1.165) is 25.8 Å². The molecule has 0 saturated heterocycles. The second-order valence-electron chi connectivity index (χ2n) is 6.48. The first-order valence-corrected chi connectivity index (χ1v) is 7.61. The third-order valence-electron chi connectivity index (χ3n) is 4.39. The van der Waals surface area contributed by atoms with Crippen LogP contribution in [0.25, 0.3) is 0 Å². The molecule has 0 spiro atoms. The van der Waals surface area contributed by atoms with Crippen LogP contribution in [0.5, 0.6) is 0 Å². The summed E-state index contributed by atoms with van der Waals surface area (Å²) in [6.07, 6.45) is 5.46. The minimum Gasteiger partial charge on any atom is -0.394 e. The highest BCUT2D eigenvalue weighted by atomic mass is 16.3. The van der Waals surface area contributed by atoms with Gasteiger partial charge in [-0.15, -0.1) is 0 Å². The van der Waals surface area contributed by atoms with E-state index in [-0.39, 0.29) is 12.1 Å². The molecule has 3 N–H and O–H groups in total. The molecule has 0 aromatic carbocycles. The third-order valence-corrected chi connectivity index (χ3v) is 4.39. The Hall–Kier alpha value is -0.120. The number of aliphatic hydroxyl groups is 1. The molecule has 1 rings (SSSR count). The van der Waals surface area contributed by atoms with Gasteiger partial charge >= 0.3 is 0 Å². The van der Waals surface area contributed by atoms with Crippen molar-refractivity contribution in [3.8, 4) is 0 Å². The molecule has 0 radical (unpaired) electrons. The highest BCUT2D eigenvalue weighted by Crippen LogP contribution is 2.33. The van der Waals surface area contributed by atoms with Crippen LogP contribution in [0, 0.1) is 5.92 Å². The van der Waals surface area contributed by atoms with Crippen LogP contribution in [0.15, 0.2) is 0 Å². The molecule has 18 heavy (non-hydrogen) atoms. The molecule has 0 aliphatic heterocycles. The fourth-order valence-corrected chi connectivity index (χ4v) is 3.33. The summed E-state index contributed by atoms with van der Waals surface area (Å²) >= 11 is 0. The van der Waals surface area contributed by atoms with E-state index in [1.54, 1.807) is 0 Å². The van der Waals surface area contributed by atoms with Crippen molar-refractivity contribution >= 4 is 0 Å². The van der Waals surface area contributed by atoms with Crippen molar-refractivity contribution in [1.29, 1.82) is 0 Å². The average Bonchev–Trinajstić information content (AvgIpc) is 2.72. The van der Waals surface area contributed by atoms with Crippen LogP contribution in [0.1, 0.15) is 59.8 Å². The summed E-state index contributed by atoms with van der Waals surface area (Å²) in [7, 11) is 0. The Balaban J connectivity index is 2.72. The smallest absolute Gasteiger partial charge is 0.0611 e. The van der Waals surface area contributed by atoms with Crippen LogP contribution >= 0.6 is 0 Å².